The minimum absolute atomic E-state index is 0.287. The van der Waals surface area contributed by atoms with Crippen LogP contribution >= 0.6 is 0 Å². The lowest BCUT2D eigenvalue weighted by Gasteiger charge is -2.23. The lowest BCUT2D eigenvalue weighted by Crippen LogP contribution is -2.30. The summed E-state index contributed by atoms with van der Waals surface area (Å²) >= 11 is 0. The quantitative estimate of drug-likeness (QED) is 0.816. The first-order valence-corrected chi connectivity index (χ1v) is 7.16. The third-order valence-electron chi connectivity index (χ3n) is 3.74. The molecular formula is C19H13F3N2. The molecule has 0 unspecified atom stereocenters. The van der Waals surface area contributed by atoms with Crippen LogP contribution in [0.3, 0.4) is 0 Å². The van der Waals surface area contributed by atoms with Crippen LogP contribution < -0.4 is 10.9 Å². The third kappa shape index (κ3) is 2.74. The molecule has 0 spiro atoms. The molecule has 1 aliphatic heterocycles. The van der Waals surface area contributed by atoms with Gasteiger partial charge in [-0.1, -0.05) is 18.1 Å². The normalized spacial score (nSPS) is 13.7. The molecule has 1 heterocycles. The number of hydrogen-bond donors (Lipinski definition) is 2. The van der Waals surface area contributed by atoms with Gasteiger partial charge in [0.15, 0.2) is 0 Å². The van der Waals surface area contributed by atoms with Gasteiger partial charge in [-0.15, -0.1) is 6.42 Å². The molecule has 0 saturated heterocycles. The van der Waals surface area contributed by atoms with Gasteiger partial charge in [-0.05, 0) is 24.6 Å². The zero-order valence-electron chi connectivity index (χ0n) is 12.8. The molecule has 0 aliphatic carbocycles. The van der Waals surface area contributed by atoms with Gasteiger partial charge in [0.2, 0.25) is 0 Å². The van der Waals surface area contributed by atoms with Crippen molar-refractivity contribution in [2.24, 2.45) is 0 Å². The maximum Gasteiger partial charge on any atom is 0.136 e. The number of terminal acetylenes is 1. The summed E-state index contributed by atoms with van der Waals surface area (Å²) in [5.41, 5.74) is 8.34. The average Bonchev–Trinajstić information content (AvgIpc) is 2.54. The van der Waals surface area contributed by atoms with Crippen molar-refractivity contribution in [3.8, 4) is 12.3 Å². The average molecular weight is 326 g/mol. The van der Waals surface area contributed by atoms with Crippen LogP contribution in [0.15, 0.2) is 48.3 Å². The molecule has 2 nitrogen and oxygen atoms in total. The van der Waals surface area contributed by atoms with Gasteiger partial charge in [0.05, 0.1) is 5.56 Å². The Morgan fingerprint density at radius 3 is 2.21 bits per heavy atom. The van der Waals surface area contributed by atoms with E-state index >= 15 is 0 Å². The zero-order valence-corrected chi connectivity index (χ0v) is 12.8. The lowest BCUT2D eigenvalue weighted by atomic mass is 9.90. The van der Waals surface area contributed by atoms with E-state index in [4.69, 9.17) is 6.42 Å². The molecule has 2 N–H and O–H groups in total. The predicted octanol–water partition coefficient (Wildman–Crippen LogP) is 3.97. The highest BCUT2D eigenvalue weighted by molar-refractivity contribution is 6.06. The van der Waals surface area contributed by atoms with Crippen LogP contribution in [-0.4, -0.2) is 0 Å². The van der Waals surface area contributed by atoms with E-state index in [1.807, 2.05) is 0 Å². The van der Waals surface area contributed by atoms with Crippen LogP contribution in [0.25, 0.3) is 11.1 Å². The second-order valence-electron chi connectivity index (χ2n) is 5.29. The van der Waals surface area contributed by atoms with Crippen LogP contribution in [0.2, 0.25) is 0 Å². The van der Waals surface area contributed by atoms with Crippen LogP contribution in [0, 0.1) is 29.8 Å². The van der Waals surface area contributed by atoms with Crippen molar-refractivity contribution in [2.75, 3.05) is 0 Å². The highest BCUT2D eigenvalue weighted by atomic mass is 19.1. The minimum Gasteiger partial charge on any atom is -0.308 e. The number of halogens is 3. The molecule has 0 saturated carbocycles. The highest BCUT2D eigenvalue weighted by Crippen LogP contribution is 2.37. The SMILES string of the molecule is C#Cc1ccc(C2=C(C)NNC=C2c2c(F)cc(F)cc2F)cc1. The first-order chi connectivity index (χ1) is 11.5. The van der Waals surface area contributed by atoms with Gasteiger partial charge >= 0.3 is 0 Å². The fourth-order valence-electron chi connectivity index (χ4n) is 2.65. The van der Waals surface area contributed by atoms with Crippen molar-refractivity contribution < 1.29 is 13.2 Å². The predicted molar refractivity (Wildman–Crippen MR) is 87.5 cm³/mol. The Hall–Kier alpha value is -3.13. The third-order valence-corrected chi connectivity index (χ3v) is 3.74. The standard InChI is InChI=1S/C19H13F3N2/c1-3-12-4-6-13(7-5-12)18-11(2)24-23-10-15(18)19-16(21)8-14(20)9-17(19)22/h1,4-10,23-24H,2H3. The van der Waals surface area contributed by atoms with Gasteiger partial charge in [-0.3, -0.25) is 0 Å². The first kappa shape index (κ1) is 15.8. The highest BCUT2D eigenvalue weighted by Gasteiger charge is 2.23. The van der Waals surface area contributed by atoms with E-state index in [1.165, 1.54) is 6.20 Å². The van der Waals surface area contributed by atoms with E-state index in [-0.39, 0.29) is 11.1 Å². The molecule has 0 aromatic heterocycles. The van der Waals surface area contributed by atoms with E-state index in [0.717, 1.165) is 5.56 Å². The molecular weight excluding hydrogens is 313 g/mol. The van der Waals surface area contributed by atoms with Gasteiger partial charge in [0, 0.05) is 40.7 Å². The van der Waals surface area contributed by atoms with E-state index < -0.39 is 17.5 Å². The summed E-state index contributed by atoms with van der Waals surface area (Å²) in [5, 5.41) is 0. The van der Waals surface area contributed by atoms with E-state index in [0.29, 0.717) is 29.0 Å². The fourth-order valence-corrected chi connectivity index (χ4v) is 2.65. The van der Waals surface area contributed by atoms with Crippen LogP contribution in [0.5, 0.6) is 0 Å². The maximum absolute atomic E-state index is 14.2. The number of rotatable bonds is 2. The lowest BCUT2D eigenvalue weighted by molar-refractivity contribution is 0.539. The maximum atomic E-state index is 14.2. The largest absolute Gasteiger partial charge is 0.308 e. The van der Waals surface area contributed by atoms with E-state index in [1.54, 1.807) is 31.2 Å². The van der Waals surface area contributed by atoms with Crippen molar-refractivity contribution >= 4 is 11.1 Å². The molecule has 0 atom stereocenters. The second kappa shape index (κ2) is 6.17. The summed E-state index contributed by atoms with van der Waals surface area (Å²) in [5.74, 6) is -0.376. The van der Waals surface area contributed by atoms with Crippen molar-refractivity contribution in [1.82, 2.24) is 10.9 Å². The number of hydrazine groups is 1. The minimum atomic E-state index is -0.965. The number of hydrogen-bond acceptors (Lipinski definition) is 2. The molecule has 2 aromatic carbocycles. The molecule has 3 rings (SSSR count). The Balaban J connectivity index is 2.17. The van der Waals surface area contributed by atoms with Gasteiger partial charge in [-0.25, -0.2) is 13.2 Å². The van der Waals surface area contributed by atoms with Gasteiger partial charge in [0.1, 0.15) is 17.5 Å². The summed E-state index contributed by atoms with van der Waals surface area (Å²) < 4.78 is 41.6. The van der Waals surface area contributed by atoms with Gasteiger partial charge in [-0.2, -0.15) is 0 Å². The molecule has 120 valence electrons. The van der Waals surface area contributed by atoms with Gasteiger partial charge < -0.3 is 10.9 Å². The van der Waals surface area contributed by atoms with Gasteiger partial charge in [0.25, 0.3) is 0 Å². The molecule has 0 amide bonds. The molecule has 2 aromatic rings. The molecule has 1 aliphatic rings. The Labute approximate surface area is 137 Å². The molecule has 0 fully saturated rings. The number of nitrogens with one attached hydrogen (secondary N) is 2. The molecule has 24 heavy (non-hydrogen) atoms. The van der Waals surface area contributed by atoms with Crippen LogP contribution in [0.4, 0.5) is 13.2 Å². The van der Waals surface area contributed by atoms with Crippen molar-refractivity contribution in [1.29, 1.82) is 0 Å². The summed E-state index contributed by atoms with van der Waals surface area (Å²) in [4.78, 5) is 0. The Morgan fingerprint density at radius 2 is 1.62 bits per heavy atom. The Bertz CT molecular complexity index is 880. The summed E-state index contributed by atoms with van der Waals surface area (Å²) in [6.45, 7) is 1.77. The Kier molecular flexibility index (Phi) is 4.05. The number of allylic oxidation sites excluding steroid dienone is 3. The van der Waals surface area contributed by atoms with Crippen molar-refractivity contribution in [2.45, 2.75) is 6.92 Å². The molecule has 0 radical (unpaired) electrons. The first-order valence-electron chi connectivity index (χ1n) is 7.16. The fraction of sp³-hybridized carbons (Fsp3) is 0.0526. The monoisotopic (exact) mass is 326 g/mol. The second-order valence-corrected chi connectivity index (χ2v) is 5.29. The molecule has 0 bridgehead atoms. The topological polar surface area (TPSA) is 24.1 Å². The van der Waals surface area contributed by atoms with Crippen LogP contribution in [-0.2, 0) is 0 Å². The van der Waals surface area contributed by atoms with E-state index in [2.05, 4.69) is 16.8 Å². The summed E-state index contributed by atoms with van der Waals surface area (Å²) in [6, 6.07) is 8.35. The van der Waals surface area contributed by atoms with E-state index in [9.17, 15) is 13.2 Å². The number of benzene rings is 2. The Morgan fingerprint density at radius 1 is 1.00 bits per heavy atom. The van der Waals surface area contributed by atoms with Crippen molar-refractivity contribution in [3.05, 3.63) is 82.4 Å². The van der Waals surface area contributed by atoms with Crippen molar-refractivity contribution in [3.63, 3.8) is 0 Å². The summed E-state index contributed by atoms with van der Waals surface area (Å²) in [6.07, 6.45) is 6.79. The smallest absolute Gasteiger partial charge is 0.136 e. The molecule has 5 heteroatoms. The zero-order chi connectivity index (χ0) is 17.3. The van der Waals surface area contributed by atoms with Crippen LogP contribution in [0.1, 0.15) is 23.6 Å². The summed E-state index contributed by atoms with van der Waals surface area (Å²) in [7, 11) is 0.